The zero-order valence-electron chi connectivity index (χ0n) is 14.6. The monoisotopic (exact) mass is 342 g/mol. The number of fused-ring (bicyclic) bond motifs is 2. The number of hydrazone groups is 1. The summed E-state index contributed by atoms with van der Waals surface area (Å²) in [5.74, 6) is 11.9. The molecule has 2 aliphatic rings. The van der Waals surface area contributed by atoms with Crippen LogP contribution in [0.25, 0.3) is 0 Å². The Labute approximate surface area is 148 Å². The lowest BCUT2D eigenvalue weighted by Crippen LogP contribution is -2.43. The summed E-state index contributed by atoms with van der Waals surface area (Å²) in [4.78, 5) is 23.3. The Morgan fingerprint density at radius 3 is 2.52 bits per heavy atom. The highest BCUT2D eigenvalue weighted by Crippen LogP contribution is 2.67. The van der Waals surface area contributed by atoms with Crippen LogP contribution in [0.2, 0.25) is 0 Å². The summed E-state index contributed by atoms with van der Waals surface area (Å²) >= 11 is 0. The standard InChI is InChI=1S/C19H26N4O2/c1-18-7-8-19(13-18,16(12-25)15(18)11-24)9-10-23(21)17(22-20)14-5-3-2-4-6-14/h2-6,11-12,15-16H,7-10,13,20-21H2,1H3/b22-17-/t15-,16+,18-,19-/m1/s1. The molecule has 0 heterocycles. The fourth-order valence-electron chi connectivity index (χ4n) is 5.11. The van der Waals surface area contributed by atoms with Crippen LogP contribution in [0.4, 0.5) is 0 Å². The van der Waals surface area contributed by atoms with Crippen molar-refractivity contribution in [1.82, 2.24) is 5.01 Å². The van der Waals surface area contributed by atoms with Crippen LogP contribution < -0.4 is 11.7 Å². The van der Waals surface area contributed by atoms with E-state index in [2.05, 4.69) is 12.0 Å². The summed E-state index contributed by atoms with van der Waals surface area (Å²) in [6.07, 6.45) is 5.57. The summed E-state index contributed by atoms with van der Waals surface area (Å²) in [5.41, 5.74) is 0.651. The lowest BCUT2D eigenvalue weighted by Gasteiger charge is -2.37. The van der Waals surface area contributed by atoms with E-state index in [-0.39, 0.29) is 22.7 Å². The molecule has 2 bridgehead atoms. The van der Waals surface area contributed by atoms with Gasteiger partial charge in [0.2, 0.25) is 0 Å². The molecule has 0 aromatic heterocycles. The Bertz CT molecular complexity index is 677. The van der Waals surface area contributed by atoms with Gasteiger partial charge in [-0.3, -0.25) is 5.01 Å². The van der Waals surface area contributed by atoms with Crippen LogP contribution in [-0.4, -0.2) is 30.0 Å². The summed E-state index contributed by atoms with van der Waals surface area (Å²) in [5, 5.41) is 5.39. The topological polar surface area (TPSA) is 102 Å². The van der Waals surface area contributed by atoms with Gasteiger partial charge < -0.3 is 15.4 Å². The smallest absolute Gasteiger partial charge is 0.169 e. The van der Waals surface area contributed by atoms with Crippen molar-refractivity contribution in [2.75, 3.05) is 6.54 Å². The predicted octanol–water partition coefficient (Wildman–Crippen LogP) is 1.69. The van der Waals surface area contributed by atoms with Crippen LogP contribution >= 0.6 is 0 Å². The van der Waals surface area contributed by atoms with E-state index in [4.69, 9.17) is 11.7 Å². The maximum atomic E-state index is 11.7. The van der Waals surface area contributed by atoms with Crippen molar-refractivity contribution in [3.05, 3.63) is 35.9 Å². The first-order valence-electron chi connectivity index (χ1n) is 8.76. The lowest BCUT2D eigenvalue weighted by atomic mass is 9.67. The average Bonchev–Trinajstić information content (AvgIpc) is 3.09. The molecule has 0 amide bonds. The van der Waals surface area contributed by atoms with Gasteiger partial charge in [-0.1, -0.05) is 37.3 Å². The van der Waals surface area contributed by atoms with E-state index in [1.807, 2.05) is 30.3 Å². The van der Waals surface area contributed by atoms with Crippen molar-refractivity contribution in [1.29, 1.82) is 0 Å². The molecule has 25 heavy (non-hydrogen) atoms. The predicted molar refractivity (Wildman–Crippen MR) is 96.2 cm³/mol. The van der Waals surface area contributed by atoms with E-state index in [1.165, 1.54) is 0 Å². The van der Waals surface area contributed by atoms with Gasteiger partial charge in [0.25, 0.3) is 0 Å². The van der Waals surface area contributed by atoms with Gasteiger partial charge >= 0.3 is 0 Å². The van der Waals surface area contributed by atoms with Gasteiger partial charge in [-0.05, 0) is 36.5 Å². The van der Waals surface area contributed by atoms with E-state index >= 15 is 0 Å². The molecular formula is C19H26N4O2. The minimum atomic E-state index is -0.216. The third-order valence-electron chi connectivity index (χ3n) is 6.42. The minimum Gasteiger partial charge on any atom is -0.321 e. The number of aldehydes is 2. The van der Waals surface area contributed by atoms with Crippen LogP contribution in [0.1, 0.15) is 38.2 Å². The molecule has 0 saturated heterocycles. The highest BCUT2D eigenvalue weighted by Gasteiger charge is 2.63. The molecule has 134 valence electrons. The number of nitrogens with two attached hydrogens (primary N) is 2. The Kier molecular flexibility index (Phi) is 4.64. The van der Waals surface area contributed by atoms with Crippen LogP contribution in [0.3, 0.4) is 0 Å². The summed E-state index contributed by atoms with van der Waals surface area (Å²) in [7, 11) is 0. The first kappa shape index (κ1) is 17.6. The number of amidine groups is 1. The largest absolute Gasteiger partial charge is 0.321 e. The molecule has 1 aromatic carbocycles. The molecule has 6 heteroatoms. The summed E-state index contributed by atoms with van der Waals surface area (Å²) < 4.78 is 0. The second kappa shape index (κ2) is 6.59. The highest BCUT2D eigenvalue weighted by molar-refractivity contribution is 5.98. The number of benzene rings is 1. The first-order chi connectivity index (χ1) is 12.0. The molecule has 1 aromatic rings. The van der Waals surface area contributed by atoms with Crippen molar-refractivity contribution < 1.29 is 9.59 Å². The number of hydrogen-bond donors (Lipinski definition) is 2. The molecule has 2 saturated carbocycles. The first-order valence-corrected chi connectivity index (χ1v) is 8.76. The van der Waals surface area contributed by atoms with Gasteiger partial charge in [-0.15, -0.1) is 0 Å². The van der Waals surface area contributed by atoms with Gasteiger partial charge in [0.15, 0.2) is 5.84 Å². The number of carbonyl (C=O) groups is 2. The third-order valence-corrected chi connectivity index (χ3v) is 6.42. The van der Waals surface area contributed by atoms with Gasteiger partial charge in [0, 0.05) is 23.9 Å². The van der Waals surface area contributed by atoms with Gasteiger partial charge in [0.05, 0.1) is 0 Å². The highest BCUT2D eigenvalue weighted by atomic mass is 16.1. The molecule has 2 aliphatic carbocycles. The Morgan fingerprint density at radius 2 is 1.92 bits per heavy atom. The lowest BCUT2D eigenvalue weighted by molar-refractivity contribution is -0.125. The molecule has 4 N–H and O–H groups in total. The minimum absolute atomic E-state index is 0.0586. The van der Waals surface area contributed by atoms with Crippen LogP contribution in [0, 0.1) is 22.7 Å². The Morgan fingerprint density at radius 1 is 1.24 bits per heavy atom. The van der Waals surface area contributed by atoms with Crippen LogP contribution in [0.5, 0.6) is 0 Å². The Balaban J connectivity index is 1.74. The average molecular weight is 342 g/mol. The van der Waals surface area contributed by atoms with Crippen LogP contribution in [0.15, 0.2) is 35.4 Å². The normalized spacial score (nSPS) is 34.1. The SMILES string of the molecule is C[C@@]12CC[C@@](CCN(N)/C(=N\N)c3ccccc3)(C1)[C@@H](C=O)[C@H]2C=O. The summed E-state index contributed by atoms with van der Waals surface area (Å²) in [6, 6.07) is 9.54. The van der Waals surface area contributed by atoms with Crippen molar-refractivity contribution >= 4 is 18.4 Å². The van der Waals surface area contributed by atoms with E-state index in [1.54, 1.807) is 5.01 Å². The molecule has 0 aliphatic heterocycles. The van der Waals surface area contributed by atoms with E-state index in [0.29, 0.717) is 12.4 Å². The number of hydrazine groups is 1. The number of hydrogen-bond acceptors (Lipinski definition) is 5. The molecule has 4 atom stereocenters. The van der Waals surface area contributed by atoms with E-state index in [9.17, 15) is 9.59 Å². The molecule has 0 radical (unpaired) electrons. The van der Waals surface area contributed by atoms with Crippen LogP contribution in [-0.2, 0) is 9.59 Å². The maximum Gasteiger partial charge on any atom is 0.169 e. The van der Waals surface area contributed by atoms with E-state index < -0.39 is 0 Å². The molecule has 3 rings (SSSR count). The number of carbonyl (C=O) groups excluding carboxylic acids is 2. The second-order valence-electron chi connectivity index (χ2n) is 7.78. The molecular weight excluding hydrogens is 316 g/mol. The maximum absolute atomic E-state index is 11.7. The van der Waals surface area contributed by atoms with Gasteiger partial charge in [-0.2, -0.15) is 5.10 Å². The number of nitrogens with zero attached hydrogens (tertiary/aromatic N) is 2. The van der Waals surface area contributed by atoms with E-state index in [0.717, 1.165) is 43.8 Å². The number of rotatable bonds is 6. The summed E-state index contributed by atoms with van der Waals surface area (Å²) in [6.45, 7) is 2.67. The molecule has 0 spiro atoms. The fraction of sp³-hybridized carbons (Fsp3) is 0.526. The molecule has 2 fully saturated rings. The zero-order chi connectivity index (χ0) is 18.1. The van der Waals surface area contributed by atoms with Crippen molar-refractivity contribution in [3.8, 4) is 0 Å². The van der Waals surface area contributed by atoms with Crippen molar-refractivity contribution in [2.24, 2.45) is 39.5 Å². The fourth-order valence-corrected chi connectivity index (χ4v) is 5.11. The van der Waals surface area contributed by atoms with Gasteiger partial charge in [0.1, 0.15) is 12.6 Å². The molecule has 0 unspecified atom stereocenters. The zero-order valence-corrected chi connectivity index (χ0v) is 14.6. The van der Waals surface area contributed by atoms with Crippen molar-refractivity contribution in [3.63, 3.8) is 0 Å². The second-order valence-corrected chi connectivity index (χ2v) is 7.78. The van der Waals surface area contributed by atoms with Gasteiger partial charge in [-0.25, -0.2) is 5.84 Å². The molecule has 6 nitrogen and oxygen atoms in total. The Hall–Kier alpha value is -2.21. The quantitative estimate of drug-likeness (QED) is 0.269. The third kappa shape index (κ3) is 2.84. The van der Waals surface area contributed by atoms with Crippen molar-refractivity contribution in [2.45, 2.75) is 32.6 Å².